The van der Waals surface area contributed by atoms with Crippen LogP contribution in [-0.2, 0) is 4.79 Å². The van der Waals surface area contributed by atoms with Crippen LogP contribution in [-0.4, -0.2) is 27.7 Å². The Labute approximate surface area is 43.6 Å². The van der Waals surface area contributed by atoms with Crippen molar-refractivity contribution in [2.24, 2.45) is 5.10 Å². The van der Waals surface area contributed by atoms with Gasteiger partial charge in [0.15, 0.2) is 0 Å². The molecule has 6 nitrogen and oxygen atoms in total. The SMILES string of the molecule is O=C=NN(O)C(=O)O. The van der Waals surface area contributed by atoms with Gasteiger partial charge >= 0.3 is 6.09 Å². The maximum atomic E-state index is 9.49. The average molecular weight is 118 g/mol. The van der Waals surface area contributed by atoms with Gasteiger partial charge in [0.1, 0.15) is 0 Å². The summed E-state index contributed by atoms with van der Waals surface area (Å²) >= 11 is 0. The number of hydrogen-bond donors (Lipinski definition) is 2. The minimum atomic E-state index is -1.73. The molecule has 2 N–H and O–H groups in total. The van der Waals surface area contributed by atoms with Crippen LogP contribution in [0.15, 0.2) is 5.10 Å². The zero-order valence-corrected chi connectivity index (χ0v) is 3.61. The van der Waals surface area contributed by atoms with Crippen molar-refractivity contribution in [3.05, 3.63) is 0 Å². The van der Waals surface area contributed by atoms with Crippen molar-refractivity contribution in [2.45, 2.75) is 0 Å². The van der Waals surface area contributed by atoms with Crippen LogP contribution in [0.5, 0.6) is 0 Å². The van der Waals surface area contributed by atoms with E-state index in [0.717, 1.165) is 6.08 Å². The van der Waals surface area contributed by atoms with E-state index in [9.17, 15) is 4.79 Å². The predicted octanol–water partition coefficient (Wildman–Crippen LogP) is -0.394. The zero-order valence-electron chi connectivity index (χ0n) is 3.61. The number of isocyanates is 1. The van der Waals surface area contributed by atoms with Gasteiger partial charge in [0.05, 0.1) is 0 Å². The smallest absolute Gasteiger partial charge is 0.454 e. The van der Waals surface area contributed by atoms with Gasteiger partial charge in [-0.05, 0) is 0 Å². The number of hydroxylamine groups is 1. The summed E-state index contributed by atoms with van der Waals surface area (Å²) in [5.41, 5.74) is 0. The molecule has 0 atom stereocenters. The van der Waals surface area contributed by atoms with E-state index in [4.69, 9.17) is 15.1 Å². The molecule has 0 unspecified atom stereocenters. The highest BCUT2D eigenvalue weighted by Gasteiger charge is 2.02. The first kappa shape index (κ1) is 6.61. The first-order valence-corrected chi connectivity index (χ1v) is 1.48. The van der Waals surface area contributed by atoms with Gasteiger partial charge < -0.3 is 5.11 Å². The predicted molar refractivity (Wildman–Crippen MR) is 19.8 cm³/mol. The third-order valence-electron chi connectivity index (χ3n) is 0.307. The molecule has 0 heterocycles. The molecular weight excluding hydrogens is 116 g/mol. The van der Waals surface area contributed by atoms with Crippen LogP contribution in [0.3, 0.4) is 0 Å². The Balaban J connectivity index is 3.82. The van der Waals surface area contributed by atoms with Crippen LogP contribution >= 0.6 is 0 Å². The molecule has 0 aliphatic rings. The average Bonchev–Trinajstić information content (AvgIpc) is 1.67. The molecule has 0 saturated carbocycles. The standard InChI is InChI=1S/C2H2N2O4/c5-1-3-4(8)2(6)7/h8H,(H,6,7). The summed E-state index contributed by atoms with van der Waals surface area (Å²) in [6, 6.07) is 0. The fourth-order valence-corrected chi connectivity index (χ4v) is 0.0814. The summed E-state index contributed by atoms with van der Waals surface area (Å²) in [4.78, 5) is 18.7. The van der Waals surface area contributed by atoms with E-state index in [0.29, 0.717) is 0 Å². The summed E-state index contributed by atoms with van der Waals surface area (Å²) in [5.74, 6) is 0. The highest BCUT2D eigenvalue weighted by molar-refractivity contribution is 5.63. The lowest BCUT2D eigenvalue weighted by Crippen LogP contribution is -2.18. The summed E-state index contributed by atoms with van der Waals surface area (Å²) in [6.45, 7) is 0. The Morgan fingerprint density at radius 1 is 1.75 bits per heavy atom. The number of rotatable bonds is 1. The highest BCUT2D eigenvalue weighted by atomic mass is 16.6. The van der Waals surface area contributed by atoms with Crippen molar-refractivity contribution < 1.29 is 19.9 Å². The van der Waals surface area contributed by atoms with Gasteiger partial charge in [-0.1, -0.05) is 10.3 Å². The first-order chi connectivity index (χ1) is 3.68. The van der Waals surface area contributed by atoms with Gasteiger partial charge in [-0.25, -0.2) is 9.59 Å². The number of amides is 1. The molecule has 0 saturated heterocycles. The number of carbonyl (C=O) groups is 1. The van der Waals surface area contributed by atoms with Gasteiger partial charge in [-0.15, -0.1) is 0 Å². The van der Waals surface area contributed by atoms with Crippen LogP contribution in [0.2, 0.25) is 0 Å². The molecule has 0 bridgehead atoms. The zero-order chi connectivity index (χ0) is 6.57. The molecule has 44 valence electrons. The summed E-state index contributed by atoms with van der Waals surface area (Å²) < 4.78 is 0. The highest BCUT2D eigenvalue weighted by Crippen LogP contribution is 1.78. The van der Waals surface area contributed by atoms with Gasteiger partial charge in [0, 0.05) is 0 Å². The van der Waals surface area contributed by atoms with Crippen LogP contribution in [0.4, 0.5) is 4.79 Å². The first-order valence-electron chi connectivity index (χ1n) is 1.48. The summed E-state index contributed by atoms with van der Waals surface area (Å²) in [7, 11) is 0. The van der Waals surface area contributed by atoms with Crippen molar-refractivity contribution >= 4 is 12.2 Å². The van der Waals surface area contributed by atoms with Crippen molar-refractivity contribution in [1.82, 2.24) is 5.17 Å². The second-order valence-electron chi connectivity index (χ2n) is 0.763. The minimum absolute atomic E-state index is 0.535. The van der Waals surface area contributed by atoms with E-state index >= 15 is 0 Å². The second-order valence-corrected chi connectivity index (χ2v) is 0.763. The summed E-state index contributed by atoms with van der Waals surface area (Å²) in [5, 5.41) is 17.4. The van der Waals surface area contributed by atoms with Crippen molar-refractivity contribution in [1.29, 1.82) is 0 Å². The Hall–Kier alpha value is -1.39. The maximum absolute atomic E-state index is 9.49. The lowest BCUT2D eigenvalue weighted by Gasteiger charge is -1.95. The number of hydrogen-bond acceptors (Lipinski definition) is 4. The Bertz CT molecular complexity index is 135. The molecule has 0 aliphatic carbocycles. The second kappa shape index (κ2) is 2.73. The lowest BCUT2D eigenvalue weighted by atomic mass is 11.2. The number of carbonyl (C=O) groups excluding carboxylic acids is 1. The van der Waals surface area contributed by atoms with E-state index in [1.54, 1.807) is 0 Å². The molecular formula is C2H2N2O4. The number of carboxylic acid groups (broad SMARTS) is 1. The maximum Gasteiger partial charge on any atom is 0.454 e. The summed E-state index contributed by atoms with van der Waals surface area (Å²) in [6.07, 6.45) is -0.909. The van der Waals surface area contributed by atoms with E-state index < -0.39 is 11.3 Å². The van der Waals surface area contributed by atoms with Gasteiger partial charge in [-0.2, -0.15) is 0 Å². The Kier molecular flexibility index (Phi) is 2.25. The molecule has 6 heteroatoms. The largest absolute Gasteiger partial charge is 0.462 e. The molecule has 8 heavy (non-hydrogen) atoms. The van der Waals surface area contributed by atoms with Crippen LogP contribution in [0, 0.1) is 0 Å². The number of nitrogens with zero attached hydrogens (tertiary/aromatic N) is 2. The molecule has 0 aromatic carbocycles. The van der Waals surface area contributed by atoms with E-state index in [1.807, 2.05) is 0 Å². The molecule has 0 rings (SSSR count). The normalized spacial score (nSPS) is 7.12. The third-order valence-corrected chi connectivity index (χ3v) is 0.307. The molecule has 0 aromatic heterocycles. The third kappa shape index (κ3) is 1.91. The fourth-order valence-electron chi connectivity index (χ4n) is 0.0814. The van der Waals surface area contributed by atoms with E-state index in [2.05, 4.69) is 5.10 Å². The van der Waals surface area contributed by atoms with E-state index in [1.165, 1.54) is 0 Å². The van der Waals surface area contributed by atoms with Crippen molar-refractivity contribution in [3.8, 4) is 0 Å². The van der Waals surface area contributed by atoms with Crippen molar-refractivity contribution in [2.75, 3.05) is 0 Å². The minimum Gasteiger partial charge on any atom is -0.462 e. The monoisotopic (exact) mass is 118 g/mol. The van der Waals surface area contributed by atoms with Crippen LogP contribution in [0.1, 0.15) is 0 Å². The molecule has 0 radical (unpaired) electrons. The van der Waals surface area contributed by atoms with Gasteiger partial charge in [-0.3, -0.25) is 5.21 Å². The van der Waals surface area contributed by atoms with Crippen LogP contribution < -0.4 is 0 Å². The lowest BCUT2D eigenvalue weighted by molar-refractivity contribution is -0.0621. The van der Waals surface area contributed by atoms with Crippen LogP contribution in [0.25, 0.3) is 0 Å². The van der Waals surface area contributed by atoms with Gasteiger partial charge in [0.2, 0.25) is 0 Å². The molecule has 0 aliphatic heterocycles. The molecule has 0 fully saturated rings. The fraction of sp³-hybridized carbons (Fsp3) is 0. The quantitative estimate of drug-likeness (QED) is 0.212. The van der Waals surface area contributed by atoms with Crippen molar-refractivity contribution in [3.63, 3.8) is 0 Å². The molecule has 1 amide bonds. The Morgan fingerprint density at radius 3 is 2.38 bits per heavy atom. The van der Waals surface area contributed by atoms with Gasteiger partial charge in [0.25, 0.3) is 6.08 Å². The molecule has 0 aromatic rings. The topological polar surface area (TPSA) is 90.2 Å². The molecule has 0 spiro atoms. The number of hydrazone groups is 1. The van der Waals surface area contributed by atoms with E-state index in [-0.39, 0.29) is 0 Å². The Morgan fingerprint density at radius 2 is 2.25 bits per heavy atom.